The summed E-state index contributed by atoms with van der Waals surface area (Å²) in [6.45, 7) is 6.46. The maximum atomic E-state index is 12.8. The first-order chi connectivity index (χ1) is 31.5. The zero-order chi connectivity index (χ0) is 46.5. The predicted octanol–water partition coefficient (Wildman–Crippen LogP) is 17.8. The summed E-state index contributed by atoms with van der Waals surface area (Å²) in [5.74, 6) is -0.943. The maximum absolute atomic E-state index is 12.8. The highest BCUT2D eigenvalue weighted by Gasteiger charge is 2.19. The fourth-order valence-corrected chi connectivity index (χ4v) is 7.43. The van der Waals surface area contributed by atoms with Gasteiger partial charge in [-0.3, -0.25) is 14.4 Å². The van der Waals surface area contributed by atoms with Gasteiger partial charge in [-0.2, -0.15) is 0 Å². The van der Waals surface area contributed by atoms with E-state index in [2.05, 4.69) is 93.7 Å². The van der Waals surface area contributed by atoms with Crippen LogP contribution in [0.25, 0.3) is 0 Å². The molecule has 0 aromatic heterocycles. The summed E-state index contributed by atoms with van der Waals surface area (Å²) < 4.78 is 16.8. The molecule has 64 heavy (non-hydrogen) atoms. The third-order valence-electron chi connectivity index (χ3n) is 11.5. The molecule has 0 spiro atoms. The molecule has 0 aromatic rings. The SMILES string of the molecule is CC/C=C/C=C/C=C/CCCCCCCC(=O)OCC(COC(=O)CCCCCCCCC/C=C/CCCCCCCC)OC(=O)CCCCC/C=C/C=C/CCCCCCCCC. The van der Waals surface area contributed by atoms with Crippen molar-refractivity contribution in [3.05, 3.63) is 72.9 Å². The lowest BCUT2D eigenvalue weighted by Crippen LogP contribution is -2.30. The van der Waals surface area contributed by atoms with Gasteiger partial charge in [-0.05, 0) is 89.9 Å². The van der Waals surface area contributed by atoms with Crippen molar-refractivity contribution in [2.75, 3.05) is 13.2 Å². The van der Waals surface area contributed by atoms with Gasteiger partial charge in [0.1, 0.15) is 13.2 Å². The number of carbonyl (C=O) groups excluding carboxylic acids is 3. The lowest BCUT2D eigenvalue weighted by Gasteiger charge is -2.18. The number of esters is 3. The zero-order valence-electron chi connectivity index (χ0n) is 42.0. The van der Waals surface area contributed by atoms with Crippen molar-refractivity contribution in [3.8, 4) is 0 Å². The van der Waals surface area contributed by atoms with Crippen molar-refractivity contribution >= 4 is 17.9 Å². The van der Waals surface area contributed by atoms with Crippen LogP contribution in [-0.4, -0.2) is 37.2 Å². The van der Waals surface area contributed by atoms with E-state index >= 15 is 0 Å². The number of hydrogen-bond acceptors (Lipinski definition) is 6. The highest BCUT2D eigenvalue weighted by molar-refractivity contribution is 5.71. The van der Waals surface area contributed by atoms with Crippen LogP contribution in [-0.2, 0) is 28.6 Å². The van der Waals surface area contributed by atoms with Gasteiger partial charge in [-0.1, -0.05) is 222 Å². The van der Waals surface area contributed by atoms with E-state index in [0.717, 1.165) is 96.3 Å². The molecule has 0 aliphatic rings. The van der Waals surface area contributed by atoms with E-state index in [1.807, 2.05) is 0 Å². The summed E-state index contributed by atoms with van der Waals surface area (Å²) in [6, 6.07) is 0. The molecular weight excluding hydrogens is 793 g/mol. The van der Waals surface area contributed by atoms with Crippen molar-refractivity contribution in [3.63, 3.8) is 0 Å². The van der Waals surface area contributed by atoms with Crippen LogP contribution in [0.15, 0.2) is 72.9 Å². The van der Waals surface area contributed by atoms with Gasteiger partial charge in [0.2, 0.25) is 0 Å². The van der Waals surface area contributed by atoms with E-state index in [4.69, 9.17) is 14.2 Å². The van der Waals surface area contributed by atoms with Crippen LogP contribution in [0.3, 0.4) is 0 Å². The Kier molecular flexibility index (Phi) is 49.9. The van der Waals surface area contributed by atoms with Crippen molar-refractivity contribution < 1.29 is 28.6 Å². The Balaban J connectivity index is 4.44. The highest BCUT2D eigenvalue weighted by atomic mass is 16.6. The molecule has 368 valence electrons. The van der Waals surface area contributed by atoms with E-state index < -0.39 is 6.10 Å². The lowest BCUT2D eigenvalue weighted by atomic mass is 10.1. The molecule has 0 saturated carbocycles. The first kappa shape index (κ1) is 60.9. The Morgan fingerprint density at radius 2 is 0.625 bits per heavy atom. The molecule has 6 nitrogen and oxygen atoms in total. The van der Waals surface area contributed by atoms with Crippen molar-refractivity contribution in [2.45, 2.75) is 264 Å². The largest absolute Gasteiger partial charge is 0.462 e. The molecule has 0 rings (SSSR count). The standard InChI is InChI=1S/C58H100O6/c1-4-7-10-13-16-19-22-25-27-29-31-33-36-39-42-45-48-51-57(60)63-54-55(53-62-56(59)50-47-44-41-38-35-32-24-21-18-15-12-9-6-3)64-58(61)52-49-46-43-40-37-34-30-28-26-23-20-17-14-11-8-5-2/h9,12,15,18,21,24-25,27-28,30,34,37,55H,4-8,10-11,13-14,16-17,19-20,22-23,26,29,31-33,35-36,38-54H2,1-3H3/b12-9+,18-15+,24-21+,27-25+,30-28+,37-34+. The first-order valence-corrected chi connectivity index (χ1v) is 27.0. The second-order valence-corrected chi connectivity index (χ2v) is 17.8. The molecule has 0 bridgehead atoms. The highest BCUT2D eigenvalue weighted by Crippen LogP contribution is 2.14. The minimum Gasteiger partial charge on any atom is -0.462 e. The number of unbranched alkanes of at least 4 members (excludes halogenated alkanes) is 28. The molecule has 0 aliphatic carbocycles. The second-order valence-electron chi connectivity index (χ2n) is 17.8. The molecule has 0 aromatic carbocycles. The van der Waals surface area contributed by atoms with Gasteiger partial charge >= 0.3 is 17.9 Å². The summed E-state index contributed by atoms with van der Waals surface area (Å²) >= 11 is 0. The van der Waals surface area contributed by atoms with Crippen LogP contribution in [0.4, 0.5) is 0 Å². The Bertz CT molecular complexity index is 1210. The van der Waals surface area contributed by atoms with Crippen molar-refractivity contribution in [1.29, 1.82) is 0 Å². The average Bonchev–Trinajstić information content (AvgIpc) is 3.29. The second kappa shape index (κ2) is 52.5. The van der Waals surface area contributed by atoms with Crippen LogP contribution >= 0.6 is 0 Å². The van der Waals surface area contributed by atoms with E-state index in [-0.39, 0.29) is 31.1 Å². The van der Waals surface area contributed by atoms with Gasteiger partial charge in [-0.15, -0.1) is 0 Å². The fourth-order valence-electron chi connectivity index (χ4n) is 7.43. The monoisotopic (exact) mass is 893 g/mol. The maximum Gasteiger partial charge on any atom is 0.306 e. The first-order valence-electron chi connectivity index (χ1n) is 27.0. The number of carbonyl (C=O) groups is 3. The average molecular weight is 893 g/mol. The normalized spacial score (nSPS) is 12.6. The number of rotatable bonds is 48. The number of hydrogen-bond donors (Lipinski definition) is 0. The van der Waals surface area contributed by atoms with E-state index in [0.29, 0.717) is 19.3 Å². The molecule has 6 heteroatoms. The fraction of sp³-hybridized carbons (Fsp3) is 0.741. The van der Waals surface area contributed by atoms with E-state index in [1.165, 1.54) is 122 Å². The van der Waals surface area contributed by atoms with Gasteiger partial charge in [0.25, 0.3) is 0 Å². The molecule has 0 N–H and O–H groups in total. The third kappa shape index (κ3) is 49.9. The Morgan fingerprint density at radius 3 is 1.02 bits per heavy atom. The summed E-state index contributed by atoms with van der Waals surface area (Å²) in [7, 11) is 0. The number of allylic oxidation sites excluding steroid dienone is 12. The Labute approximate surface area is 395 Å². The van der Waals surface area contributed by atoms with Crippen LogP contribution in [0.2, 0.25) is 0 Å². The predicted molar refractivity (Wildman–Crippen MR) is 274 cm³/mol. The third-order valence-corrected chi connectivity index (χ3v) is 11.5. The van der Waals surface area contributed by atoms with Gasteiger partial charge < -0.3 is 14.2 Å². The lowest BCUT2D eigenvalue weighted by molar-refractivity contribution is -0.167. The summed E-state index contributed by atoms with van der Waals surface area (Å²) in [5.41, 5.74) is 0. The Morgan fingerprint density at radius 1 is 0.328 bits per heavy atom. The molecule has 0 fully saturated rings. The molecule has 1 atom stereocenters. The molecule has 0 amide bonds. The van der Waals surface area contributed by atoms with E-state index in [1.54, 1.807) is 0 Å². The van der Waals surface area contributed by atoms with Crippen LogP contribution in [0.1, 0.15) is 258 Å². The van der Waals surface area contributed by atoms with Crippen LogP contribution in [0, 0.1) is 0 Å². The van der Waals surface area contributed by atoms with Gasteiger partial charge in [0.15, 0.2) is 6.10 Å². The summed E-state index contributed by atoms with van der Waals surface area (Å²) in [4.78, 5) is 38.0. The summed E-state index contributed by atoms with van der Waals surface area (Å²) in [5, 5.41) is 0. The van der Waals surface area contributed by atoms with E-state index in [9.17, 15) is 14.4 Å². The smallest absolute Gasteiger partial charge is 0.306 e. The minimum absolute atomic E-state index is 0.0950. The zero-order valence-corrected chi connectivity index (χ0v) is 42.0. The Hall–Kier alpha value is -3.15. The molecule has 1 unspecified atom stereocenters. The van der Waals surface area contributed by atoms with Gasteiger partial charge in [0.05, 0.1) is 0 Å². The molecule has 0 saturated heterocycles. The van der Waals surface area contributed by atoms with Crippen molar-refractivity contribution in [2.24, 2.45) is 0 Å². The minimum atomic E-state index is -0.799. The molecular formula is C58H100O6. The van der Waals surface area contributed by atoms with Crippen molar-refractivity contribution in [1.82, 2.24) is 0 Å². The topological polar surface area (TPSA) is 78.9 Å². The van der Waals surface area contributed by atoms with Gasteiger partial charge in [0, 0.05) is 19.3 Å². The number of ether oxygens (including phenoxy) is 3. The quantitative estimate of drug-likeness (QED) is 0.0199. The molecule has 0 heterocycles. The molecule has 0 aliphatic heterocycles. The van der Waals surface area contributed by atoms with Crippen LogP contribution < -0.4 is 0 Å². The summed E-state index contributed by atoms with van der Waals surface area (Å²) in [6.07, 6.45) is 66.0. The van der Waals surface area contributed by atoms with Gasteiger partial charge in [-0.25, -0.2) is 0 Å². The molecule has 0 radical (unpaired) electrons. The van der Waals surface area contributed by atoms with Crippen LogP contribution in [0.5, 0.6) is 0 Å².